The molecule has 0 saturated heterocycles. The van der Waals surface area contributed by atoms with Crippen LogP contribution in [0.5, 0.6) is 5.75 Å². The normalized spacial score (nSPS) is 15.5. The molecule has 0 saturated carbocycles. The van der Waals surface area contributed by atoms with Crippen LogP contribution in [0, 0.1) is 5.82 Å². The maximum atomic E-state index is 12.9. The second-order valence-electron chi connectivity index (χ2n) is 6.99. The summed E-state index contributed by atoms with van der Waals surface area (Å²) in [5.41, 5.74) is 1.90. The van der Waals surface area contributed by atoms with Crippen LogP contribution in [0.1, 0.15) is 35.7 Å². The van der Waals surface area contributed by atoms with Crippen LogP contribution in [0.2, 0.25) is 0 Å². The summed E-state index contributed by atoms with van der Waals surface area (Å²) in [5.74, 6) is -0.323. The van der Waals surface area contributed by atoms with E-state index < -0.39 is 6.10 Å². The first-order chi connectivity index (χ1) is 13.8. The third kappa shape index (κ3) is 4.99. The lowest BCUT2D eigenvalue weighted by Gasteiger charge is -2.30. The summed E-state index contributed by atoms with van der Waals surface area (Å²) in [7, 11) is 1.64. The highest BCUT2D eigenvalue weighted by Crippen LogP contribution is 2.34. The van der Waals surface area contributed by atoms with Crippen LogP contribution in [0.25, 0.3) is 0 Å². The van der Waals surface area contributed by atoms with E-state index in [0.717, 1.165) is 5.56 Å². The van der Waals surface area contributed by atoms with Crippen LogP contribution in [0.15, 0.2) is 42.5 Å². The molecule has 6 nitrogen and oxygen atoms in total. The van der Waals surface area contributed by atoms with Gasteiger partial charge < -0.3 is 15.0 Å². The van der Waals surface area contributed by atoms with Gasteiger partial charge in [0.1, 0.15) is 11.6 Å². The van der Waals surface area contributed by atoms with Crippen molar-refractivity contribution in [3.05, 3.63) is 59.4 Å². The van der Waals surface area contributed by atoms with Crippen LogP contribution in [0.3, 0.4) is 0 Å². The number of rotatable bonds is 7. The first kappa shape index (κ1) is 20.5. The lowest BCUT2D eigenvalue weighted by Crippen LogP contribution is -2.42. The Balaban J connectivity index is 1.49. The maximum absolute atomic E-state index is 12.9. The molecule has 0 fully saturated rings. The van der Waals surface area contributed by atoms with E-state index in [2.05, 4.69) is 5.32 Å². The number of hydrogen-bond donors (Lipinski definition) is 1. The molecule has 3 rings (SSSR count). The number of benzene rings is 2. The molecule has 7 heteroatoms. The number of halogens is 1. The average molecular weight is 398 g/mol. The number of nitrogens with zero attached hydrogens (tertiary/aromatic N) is 1. The fourth-order valence-corrected chi connectivity index (χ4v) is 3.14. The molecule has 2 aromatic rings. The van der Waals surface area contributed by atoms with Crippen molar-refractivity contribution in [2.75, 3.05) is 18.5 Å². The van der Waals surface area contributed by atoms with Gasteiger partial charge in [0.2, 0.25) is 5.91 Å². The summed E-state index contributed by atoms with van der Waals surface area (Å²) >= 11 is 0. The third-order valence-corrected chi connectivity index (χ3v) is 4.85. The lowest BCUT2D eigenvalue weighted by atomic mass is 10.0. The Morgan fingerprint density at radius 1 is 1.14 bits per heavy atom. The molecule has 1 aliphatic rings. The zero-order valence-corrected chi connectivity index (χ0v) is 16.4. The van der Waals surface area contributed by atoms with Crippen molar-refractivity contribution in [1.29, 1.82) is 0 Å². The number of anilines is 1. The number of nitrogens with one attached hydrogen (secondary N) is 1. The second kappa shape index (κ2) is 8.86. The summed E-state index contributed by atoms with van der Waals surface area (Å²) < 4.78 is 18.4. The summed E-state index contributed by atoms with van der Waals surface area (Å²) in [6.45, 7) is 2.09. The van der Waals surface area contributed by atoms with Crippen LogP contribution in [0.4, 0.5) is 10.1 Å². The van der Waals surface area contributed by atoms with Crippen LogP contribution in [-0.4, -0.2) is 37.3 Å². The predicted molar refractivity (Wildman–Crippen MR) is 107 cm³/mol. The Bertz CT molecular complexity index is 927. The highest BCUT2D eigenvalue weighted by molar-refractivity contribution is 6.03. The van der Waals surface area contributed by atoms with Crippen LogP contribution in [-0.2, 0) is 16.0 Å². The molecule has 1 heterocycles. The Kier molecular flexibility index (Phi) is 6.26. The number of likely N-dealkylation sites (N-methyl/N-ethyl adjacent to an activating group) is 1. The van der Waals surface area contributed by atoms with E-state index in [1.165, 1.54) is 17.0 Å². The zero-order chi connectivity index (χ0) is 21.0. The van der Waals surface area contributed by atoms with Crippen molar-refractivity contribution in [2.24, 2.45) is 0 Å². The molecule has 0 spiro atoms. The van der Waals surface area contributed by atoms with E-state index >= 15 is 0 Å². The van der Waals surface area contributed by atoms with E-state index in [9.17, 15) is 18.8 Å². The fraction of sp³-hybridized carbons (Fsp3) is 0.318. The minimum absolute atomic E-state index is 0.0656. The molecule has 2 amide bonds. The molecule has 1 aliphatic heterocycles. The molecule has 0 radical (unpaired) electrons. The number of Topliss-reactive ketones (excluding diaryl/α,β-unsaturated/α-hetero) is 1. The van der Waals surface area contributed by atoms with Gasteiger partial charge in [-0.1, -0.05) is 12.1 Å². The maximum Gasteiger partial charge on any atom is 0.267 e. The summed E-state index contributed by atoms with van der Waals surface area (Å²) in [6.07, 6.45) is 0.161. The molecule has 1 unspecified atom stereocenters. The van der Waals surface area contributed by atoms with Crippen molar-refractivity contribution < 1.29 is 23.5 Å². The van der Waals surface area contributed by atoms with E-state index in [4.69, 9.17) is 4.74 Å². The van der Waals surface area contributed by atoms with Crippen LogP contribution >= 0.6 is 0 Å². The van der Waals surface area contributed by atoms with Gasteiger partial charge in [-0.25, -0.2) is 4.39 Å². The van der Waals surface area contributed by atoms with Gasteiger partial charge in [-0.3, -0.25) is 14.4 Å². The molecule has 0 bridgehead atoms. The smallest absolute Gasteiger partial charge is 0.267 e. The Labute approximate surface area is 168 Å². The number of ketones is 1. The number of ether oxygens (including phenoxy) is 1. The number of fused-ring (bicyclic) bond motifs is 1. The van der Waals surface area contributed by atoms with Crippen molar-refractivity contribution in [3.8, 4) is 5.75 Å². The predicted octanol–water partition coefficient (Wildman–Crippen LogP) is 2.89. The third-order valence-electron chi connectivity index (χ3n) is 4.85. The van der Waals surface area contributed by atoms with E-state index in [-0.39, 0.29) is 36.3 Å². The number of hydrogen-bond acceptors (Lipinski definition) is 4. The Hall–Kier alpha value is -3.22. The minimum atomic E-state index is -0.562. The SMILES string of the molecule is CC1Oc2ccc(C(=O)CCC(=O)NCCc3ccc(F)cc3)cc2N(C)C1=O. The summed E-state index contributed by atoms with van der Waals surface area (Å²) in [6, 6.07) is 11.0. The van der Waals surface area contributed by atoms with Crippen molar-refractivity contribution in [1.82, 2.24) is 5.32 Å². The van der Waals surface area contributed by atoms with Gasteiger partial charge in [0.05, 0.1) is 5.69 Å². The summed E-state index contributed by atoms with van der Waals surface area (Å²) in [5, 5.41) is 2.76. The van der Waals surface area contributed by atoms with E-state index in [1.807, 2.05) is 0 Å². The lowest BCUT2D eigenvalue weighted by molar-refractivity contribution is -0.125. The molecular weight excluding hydrogens is 375 g/mol. The molecule has 2 aromatic carbocycles. The average Bonchev–Trinajstić information content (AvgIpc) is 2.71. The van der Waals surface area contributed by atoms with Gasteiger partial charge in [-0.2, -0.15) is 0 Å². The van der Waals surface area contributed by atoms with Crippen molar-refractivity contribution in [2.45, 2.75) is 32.3 Å². The number of carbonyl (C=O) groups is 3. The van der Waals surface area contributed by atoms with E-state index in [0.29, 0.717) is 30.0 Å². The highest BCUT2D eigenvalue weighted by Gasteiger charge is 2.29. The van der Waals surface area contributed by atoms with Gasteiger partial charge in [0, 0.05) is 32.0 Å². The first-order valence-electron chi connectivity index (χ1n) is 9.48. The van der Waals surface area contributed by atoms with Gasteiger partial charge in [0.15, 0.2) is 11.9 Å². The van der Waals surface area contributed by atoms with Crippen LogP contribution < -0.4 is 15.0 Å². The molecular formula is C22H23FN2O4. The Morgan fingerprint density at radius 3 is 2.59 bits per heavy atom. The Morgan fingerprint density at radius 2 is 1.86 bits per heavy atom. The molecule has 0 aromatic heterocycles. The van der Waals surface area contributed by atoms with Gasteiger partial charge in [-0.15, -0.1) is 0 Å². The first-order valence-corrected chi connectivity index (χ1v) is 9.48. The van der Waals surface area contributed by atoms with Crippen molar-refractivity contribution >= 4 is 23.3 Å². The van der Waals surface area contributed by atoms with Gasteiger partial charge >= 0.3 is 0 Å². The largest absolute Gasteiger partial charge is 0.479 e. The second-order valence-corrected chi connectivity index (χ2v) is 6.99. The minimum Gasteiger partial charge on any atom is -0.479 e. The number of carbonyl (C=O) groups excluding carboxylic acids is 3. The molecule has 1 N–H and O–H groups in total. The molecule has 0 aliphatic carbocycles. The zero-order valence-electron chi connectivity index (χ0n) is 16.4. The van der Waals surface area contributed by atoms with Gasteiger partial charge in [0.25, 0.3) is 5.91 Å². The molecule has 152 valence electrons. The summed E-state index contributed by atoms with van der Waals surface area (Å²) in [4.78, 5) is 38.0. The standard InChI is InChI=1S/C22H23FN2O4/c1-14-22(28)25(2)18-13-16(5-9-20(18)29-14)19(26)8-10-21(27)24-12-11-15-3-6-17(23)7-4-15/h3-7,9,13-14H,8,10-12H2,1-2H3,(H,24,27). The van der Waals surface area contributed by atoms with Gasteiger partial charge in [-0.05, 0) is 49.2 Å². The quantitative estimate of drug-likeness (QED) is 0.728. The molecule has 1 atom stereocenters. The monoisotopic (exact) mass is 398 g/mol. The highest BCUT2D eigenvalue weighted by atomic mass is 19.1. The number of amides is 2. The topological polar surface area (TPSA) is 75.7 Å². The fourth-order valence-electron chi connectivity index (χ4n) is 3.14. The van der Waals surface area contributed by atoms with E-state index in [1.54, 1.807) is 44.3 Å². The van der Waals surface area contributed by atoms with Crippen molar-refractivity contribution in [3.63, 3.8) is 0 Å². The molecule has 29 heavy (non-hydrogen) atoms.